The molecule has 28 heavy (non-hydrogen) atoms. The maximum Gasteiger partial charge on any atom is 0.292 e. The van der Waals surface area contributed by atoms with Crippen molar-refractivity contribution in [2.45, 2.75) is 25.8 Å². The maximum atomic E-state index is 13.4. The molecule has 6 nitrogen and oxygen atoms in total. The molecule has 0 radical (unpaired) electrons. The normalized spacial score (nSPS) is 15.9. The lowest BCUT2D eigenvalue weighted by molar-refractivity contribution is -0.384. The molecule has 148 valence electrons. The molecule has 3 rings (SSSR count). The molecular formula is C20H21F2N3O3. The van der Waals surface area contributed by atoms with E-state index >= 15 is 0 Å². The topological polar surface area (TPSA) is 75.5 Å². The van der Waals surface area contributed by atoms with Crippen LogP contribution in [0.25, 0.3) is 0 Å². The highest BCUT2D eigenvalue weighted by molar-refractivity contribution is 5.79. The third-order valence-electron chi connectivity index (χ3n) is 5.09. The first-order valence-corrected chi connectivity index (χ1v) is 9.10. The van der Waals surface area contributed by atoms with Crippen LogP contribution in [0.5, 0.6) is 0 Å². The highest BCUT2D eigenvalue weighted by Gasteiger charge is 2.28. The number of carbonyl (C=O) groups is 1. The molecule has 1 aliphatic rings. The average molecular weight is 389 g/mol. The number of rotatable bonds is 5. The Balaban J connectivity index is 1.59. The number of carbonyl (C=O) groups excluding carboxylic acids is 1. The molecule has 0 aliphatic carbocycles. The summed E-state index contributed by atoms with van der Waals surface area (Å²) in [4.78, 5) is 25.3. The summed E-state index contributed by atoms with van der Waals surface area (Å²) in [5, 5.41) is 14.0. The van der Waals surface area contributed by atoms with E-state index in [2.05, 4.69) is 5.32 Å². The summed E-state index contributed by atoms with van der Waals surface area (Å²) in [6, 6.07) is 9.68. The summed E-state index contributed by atoms with van der Waals surface area (Å²) in [5.74, 6) is -2.26. The Morgan fingerprint density at radius 1 is 1.18 bits per heavy atom. The van der Waals surface area contributed by atoms with Gasteiger partial charge in [-0.05, 0) is 43.5 Å². The van der Waals surface area contributed by atoms with Gasteiger partial charge in [-0.3, -0.25) is 14.9 Å². The molecule has 0 spiro atoms. The van der Waals surface area contributed by atoms with E-state index in [0.717, 1.165) is 12.1 Å². The molecule has 0 unspecified atom stereocenters. The number of halogens is 2. The number of nitrogens with zero attached hydrogens (tertiary/aromatic N) is 2. The Hall–Kier alpha value is -3.03. The van der Waals surface area contributed by atoms with E-state index < -0.39 is 22.6 Å². The number of nitro groups is 1. The van der Waals surface area contributed by atoms with E-state index in [4.69, 9.17) is 0 Å². The van der Waals surface area contributed by atoms with Crippen molar-refractivity contribution in [1.82, 2.24) is 5.32 Å². The summed E-state index contributed by atoms with van der Waals surface area (Å²) in [5.41, 5.74) is 1.10. The van der Waals surface area contributed by atoms with E-state index in [-0.39, 0.29) is 17.5 Å². The zero-order valence-corrected chi connectivity index (χ0v) is 15.4. The molecule has 8 heteroatoms. The molecule has 1 saturated heterocycles. The van der Waals surface area contributed by atoms with Crippen molar-refractivity contribution in [2.75, 3.05) is 18.0 Å². The van der Waals surface area contributed by atoms with Crippen LogP contribution in [-0.2, 0) is 4.79 Å². The fraction of sp³-hybridized carbons (Fsp3) is 0.350. The maximum absolute atomic E-state index is 13.4. The number of amides is 1. The van der Waals surface area contributed by atoms with Gasteiger partial charge in [-0.2, -0.15) is 0 Å². The molecule has 1 aliphatic heterocycles. The first-order chi connectivity index (χ1) is 13.4. The molecule has 0 saturated carbocycles. The second kappa shape index (κ2) is 8.33. The molecule has 0 bridgehead atoms. The largest absolute Gasteiger partial charge is 0.366 e. The zero-order valence-electron chi connectivity index (χ0n) is 15.4. The van der Waals surface area contributed by atoms with Crippen molar-refractivity contribution in [3.63, 3.8) is 0 Å². The van der Waals surface area contributed by atoms with Crippen LogP contribution >= 0.6 is 0 Å². The number of anilines is 1. The number of hydrogen-bond acceptors (Lipinski definition) is 4. The molecule has 2 aromatic rings. The lowest BCUT2D eigenvalue weighted by Gasteiger charge is -2.33. The van der Waals surface area contributed by atoms with Crippen LogP contribution in [0.15, 0.2) is 42.5 Å². The van der Waals surface area contributed by atoms with Crippen LogP contribution in [-0.4, -0.2) is 23.9 Å². The molecular weight excluding hydrogens is 368 g/mol. The summed E-state index contributed by atoms with van der Waals surface area (Å²) < 4.78 is 26.4. The molecule has 1 amide bonds. The van der Waals surface area contributed by atoms with E-state index in [9.17, 15) is 23.7 Å². The monoisotopic (exact) mass is 389 g/mol. The minimum absolute atomic E-state index is 0.0531. The molecule has 1 heterocycles. The first kappa shape index (κ1) is 19.7. The van der Waals surface area contributed by atoms with Crippen LogP contribution in [0, 0.1) is 27.7 Å². The smallest absolute Gasteiger partial charge is 0.292 e. The van der Waals surface area contributed by atoms with Gasteiger partial charge in [-0.15, -0.1) is 0 Å². The predicted molar refractivity (Wildman–Crippen MR) is 101 cm³/mol. The van der Waals surface area contributed by atoms with Gasteiger partial charge < -0.3 is 10.2 Å². The SMILES string of the molecule is C[C@@H](NC(=O)C1CCN(c2ccccc2[N+](=O)[O-])CC1)c1ccc(F)c(F)c1. The van der Waals surface area contributed by atoms with Crippen LogP contribution in [0.3, 0.4) is 0 Å². The van der Waals surface area contributed by atoms with Crippen LogP contribution in [0.1, 0.15) is 31.4 Å². The van der Waals surface area contributed by atoms with Gasteiger partial charge in [0, 0.05) is 25.1 Å². The summed E-state index contributed by atoms with van der Waals surface area (Å²) >= 11 is 0. The van der Waals surface area contributed by atoms with Crippen LogP contribution in [0.4, 0.5) is 20.2 Å². The van der Waals surface area contributed by atoms with Crippen LogP contribution in [0.2, 0.25) is 0 Å². The quantitative estimate of drug-likeness (QED) is 0.620. The highest BCUT2D eigenvalue weighted by atomic mass is 19.2. The van der Waals surface area contributed by atoms with Gasteiger partial charge in [0.05, 0.1) is 11.0 Å². The third-order valence-corrected chi connectivity index (χ3v) is 5.09. The summed E-state index contributed by atoms with van der Waals surface area (Å²) in [6.07, 6.45) is 1.12. The number of nitrogens with one attached hydrogen (secondary N) is 1. The van der Waals surface area contributed by atoms with Crippen molar-refractivity contribution < 1.29 is 18.5 Å². The van der Waals surface area contributed by atoms with Gasteiger partial charge in [0.2, 0.25) is 5.91 Å². The molecule has 1 N–H and O–H groups in total. The molecule has 0 aromatic heterocycles. The Bertz CT molecular complexity index is 883. The predicted octanol–water partition coefficient (Wildman–Crippen LogP) is 3.97. The molecule has 1 atom stereocenters. The Kier molecular flexibility index (Phi) is 5.87. The number of piperidine rings is 1. The second-order valence-corrected chi connectivity index (χ2v) is 6.91. The van der Waals surface area contributed by atoms with Gasteiger partial charge >= 0.3 is 0 Å². The zero-order chi connectivity index (χ0) is 20.3. The van der Waals surface area contributed by atoms with Gasteiger partial charge in [-0.1, -0.05) is 18.2 Å². The minimum atomic E-state index is -0.948. The third kappa shape index (κ3) is 4.27. The average Bonchev–Trinajstić information content (AvgIpc) is 2.70. The number of para-hydroxylation sites is 2. The number of benzene rings is 2. The molecule has 1 fully saturated rings. The van der Waals surface area contributed by atoms with Crippen molar-refractivity contribution in [3.05, 3.63) is 69.8 Å². The van der Waals surface area contributed by atoms with Gasteiger partial charge in [-0.25, -0.2) is 8.78 Å². The van der Waals surface area contributed by atoms with E-state index in [1.54, 1.807) is 25.1 Å². The van der Waals surface area contributed by atoms with E-state index in [1.807, 2.05) is 4.90 Å². The number of hydrogen-bond donors (Lipinski definition) is 1. The first-order valence-electron chi connectivity index (χ1n) is 9.10. The lowest BCUT2D eigenvalue weighted by Crippen LogP contribution is -2.41. The fourth-order valence-electron chi connectivity index (χ4n) is 3.46. The van der Waals surface area contributed by atoms with Crippen LogP contribution < -0.4 is 10.2 Å². The van der Waals surface area contributed by atoms with Crippen molar-refractivity contribution in [3.8, 4) is 0 Å². The van der Waals surface area contributed by atoms with Crippen molar-refractivity contribution in [2.24, 2.45) is 5.92 Å². The van der Waals surface area contributed by atoms with E-state index in [1.165, 1.54) is 12.1 Å². The Morgan fingerprint density at radius 2 is 1.86 bits per heavy atom. The van der Waals surface area contributed by atoms with Gasteiger partial charge in [0.25, 0.3) is 5.69 Å². The van der Waals surface area contributed by atoms with Gasteiger partial charge in [0.15, 0.2) is 11.6 Å². The number of nitro benzene ring substituents is 1. The lowest BCUT2D eigenvalue weighted by atomic mass is 9.94. The summed E-state index contributed by atoms with van der Waals surface area (Å²) in [6.45, 7) is 2.78. The van der Waals surface area contributed by atoms with Gasteiger partial charge in [0.1, 0.15) is 5.69 Å². The highest BCUT2D eigenvalue weighted by Crippen LogP contribution is 2.31. The van der Waals surface area contributed by atoms with E-state index in [0.29, 0.717) is 37.2 Å². The van der Waals surface area contributed by atoms with Crippen molar-refractivity contribution >= 4 is 17.3 Å². The fourth-order valence-corrected chi connectivity index (χ4v) is 3.46. The Morgan fingerprint density at radius 3 is 2.50 bits per heavy atom. The standard InChI is InChI=1S/C20H21F2N3O3/c1-13(15-6-7-16(21)17(22)12-15)23-20(26)14-8-10-24(11-9-14)18-4-2-3-5-19(18)25(27)28/h2-7,12-14H,8-11H2,1H3,(H,23,26)/t13-/m1/s1. The minimum Gasteiger partial charge on any atom is -0.366 e. The molecule has 2 aromatic carbocycles. The Labute approximate surface area is 161 Å². The second-order valence-electron chi connectivity index (χ2n) is 6.91. The van der Waals surface area contributed by atoms with Crippen molar-refractivity contribution in [1.29, 1.82) is 0 Å². The summed E-state index contributed by atoms with van der Waals surface area (Å²) in [7, 11) is 0.